The van der Waals surface area contributed by atoms with Crippen molar-refractivity contribution in [2.45, 2.75) is 6.42 Å². The summed E-state index contributed by atoms with van der Waals surface area (Å²) in [5, 5.41) is 2.70. The normalized spacial score (nSPS) is 9.89. The molecule has 0 atom stereocenters. The lowest BCUT2D eigenvalue weighted by molar-refractivity contribution is -0.118. The standard InChI is InChI=1S/C13H18ClNO4/c1-17-10-6-9(4-5-15-12(16)8-14)7-11(18-2)13(10)19-3/h6-7H,4-5,8H2,1-3H3,(H,15,16). The van der Waals surface area contributed by atoms with Gasteiger partial charge in [-0.3, -0.25) is 4.79 Å². The predicted octanol–water partition coefficient (Wildman–Crippen LogP) is 1.61. The lowest BCUT2D eigenvalue weighted by Gasteiger charge is -2.14. The van der Waals surface area contributed by atoms with Crippen LogP contribution in [0.15, 0.2) is 12.1 Å². The number of hydrogen-bond donors (Lipinski definition) is 1. The molecular weight excluding hydrogens is 270 g/mol. The van der Waals surface area contributed by atoms with Crippen LogP contribution >= 0.6 is 11.6 Å². The molecule has 1 N–H and O–H groups in total. The molecule has 0 aromatic heterocycles. The highest BCUT2D eigenvalue weighted by atomic mass is 35.5. The molecule has 6 heteroatoms. The van der Waals surface area contributed by atoms with Crippen molar-refractivity contribution in [1.29, 1.82) is 0 Å². The van der Waals surface area contributed by atoms with Gasteiger partial charge in [0.2, 0.25) is 11.7 Å². The summed E-state index contributed by atoms with van der Waals surface area (Å²) in [6.45, 7) is 0.504. The minimum Gasteiger partial charge on any atom is -0.493 e. The number of nitrogens with one attached hydrogen (secondary N) is 1. The number of ether oxygens (including phenoxy) is 3. The minimum absolute atomic E-state index is 0.0325. The van der Waals surface area contributed by atoms with Crippen molar-refractivity contribution in [3.8, 4) is 17.2 Å². The van der Waals surface area contributed by atoms with Gasteiger partial charge >= 0.3 is 0 Å². The highest BCUT2D eigenvalue weighted by molar-refractivity contribution is 6.27. The summed E-state index contributed by atoms with van der Waals surface area (Å²) in [6, 6.07) is 3.71. The number of carbonyl (C=O) groups is 1. The summed E-state index contributed by atoms with van der Waals surface area (Å²) in [6.07, 6.45) is 0.652. The average Bonchev–Trinajstić information content (AvgIpc) is 2.45. The molecule has 0 saturated heterocycles. The van der Waals surface area contributed by atoms with Gasteiger partial charge in [0.1, 0.15) is 5.88 Å². The summed E-state index contributed by atoms with van der Waals surface area (Å²) in [5.41, 5.74) is 0.976. The number of benzene rings is 1. The van der Waals surface area contributed by atoms with Crippen molar-refractivity contribution >= 4 is 17.5 Å². The van der Waals surface area contributed by atoms with Gasteiger partial charge in [0.25, 0.3) is 0 Å². The second-order valence-corrected chi connectivity index (χ2v) is 4.03. The molecule has 0 spiro atoms. The van der Waals surface area contributed by atoms with E-state index in [0.29, 0.717) is 30.2 Å². The van der Waals surface area contributed by atoms with E-state index in [9.17, 15) is 4.79 Å². The SMILES string of the molecule is COc1cc(CCNC(=O)CCl)cc(OC)c1OC. The van der Waals surface area contributed by atoms with E-state index >= 15 is 0 Å². The Morgan fingerprint density at radius 1 is 1.16 bits per heavy atom. The molecule has 0 aliphatic heterocycles. The van der Waals surface area contributed by atoms with E-state index in [2.05, 4.69) is 5.32 Å². The molecule has 0 radical (unpaired) electrons. The number of alkyl halides is 1. The van der Waals surface area contributed by atoms with E-state index < -0.39 is 0 Å². The van der Waals surface area contributed by atoms with Gasteiger partial charge in [0.05, 0.1) is 21.3 Å². The molecule has 0 fully saturated rings. The Hall–Kier alpha value is -1.62. The van der Waals surface area contributed by atoms with E-state index in [1.54, 1.807) is 21.3 Å². The quantitative estimate of drug-likeness (QED) is 0.774. The number of halogens is 1. The van der Waals surface area contributed by atoms with Gasteiger partial charge < -0.3 is 19.5 Å². The molecule has 1 amide bonds. The fourth-order valence-corrected chi connectivity index (χ4v) is 1.77. The third-order valence-electron chi connectivity index (χ3n) is 2.58. The molecule has 106 valence electrons. The Bertz CT molecular complexity index is 412. The molecule has 0 aliphatic rings. The van der Waals surface area contributed by atoms with Crippen LogP contribution in [0.1, 0.15) is 5.56 Å². The Balaban J connectivity index is 2.81. The van der Waals surface area contributed by atoms with Crippen LogP contribution in [-0.2, 0) is 11.2 Å². The molecule has 19 heavy (non-hydrogen) atoms. The van der Waals surface area contributed by atoms with Crippen molar-refractivity contribution in [2.24, 2.45) is 0 Å². The first-order chi connectivity index (χ1) is 9.15. The Kier molecular flexibility index (Phi) is 6.29. The zero-order chi connectivity index (χ0) is 14.3. The van der Waals surface area contributed by atoms with E-state index in [-0.39, 0.29) is 11.8 Å². The van der Waals surface area contributed by atoms with Gasteiger partial charge in [-0.2, -0.15) is 0 Å². The molecule has 0 saturated carbocycles. The van der Waals surface area contributed by atoms with Crippen molar-refractivity contribution in [2.75, 3.05) is 33.8 Å². The smallest absolute Gasteiger partial charge is 0.234 e. The first-order valence-corrected chi connectivity index (χ1v) is 6.31. The number of methoxy groups -OCH3 is 3. The maximum atomic E-state index is 11.0. The van der Waals surface area contributed by atoms with Crippen molar-refractivity contribution in [3.63, 3.8) is 0 Å². The molecular formula is C13H18ClNO4. The number of rotatable bonds is 7. The highest BCUT2D eigenvalue weighted by Crippen LogP contribution is 2.38. The zero-order valence-corrected chi connectivity index (χ0v) is 12.0. The predicted molar refractivity (Wildman–Crippen MR) is 73.5 cm³/mol. The lowest BCUT2D eigenvalue weighted by Crippen LogP contribution is -2.26. The third kappa shape index (κ3) is 4.21. The summed E-state index contributed by atoms with van der Waals surface area (Å²) < 4.78 is 15.7. The van der Waals surface area contributed by atoms with Gasteiger partial charge in [-0.1, -0.05) is 0 Å². The maximum absolute atomic E-state index is 11.0. The molecule has 0 unspecified atom stereocenters. The Morgan fingerprint density at radius 3 is 2.16 bits per heavy atom. The van der Waals surface area contributed by atoms with Gasteiger partial charge in [0, 0.05) is 6.54 Å². The number of hydrogen-bond acceptors (Lipinski definition) is 4. The Labute approximate surface area is 117 Å². The summed E-state index contributed by atoms with van der Waals surface area (Å²) in [7, 11) is 4.69. The highest BCUT2D eigenvalue weighted by Gasteiger charge is 2.13. The second kappa shape index (κ2) is 7.74. The van der Waals surface area contributed by atoms with Crippen molar-refractivity contribution in [3.05, 3.63) is 17.7 Å². The fraction of sp³-hybridized carbons (Fsp3) is 0.462. The number of amides is 1. The van der Waals surface area contributed by atoms with Crippen LogP contribution in [0, 0.1) is 0 Å². The lowest BCUT2D eigenvalue weighted by atomic mass is 10.1. The van der Waals surface area contributed by atoms with Crippen LogP contribution in [0.3, 0.4) is 0 Å². The van der Waals surface area contributed by atoms with Crippen molar-refractivity contribution in [1.82, 2.24) is 5.32 Å². The molecule has 5 nitrogen and oxygen atoms in total. The summed E-state index contributed by atoms with van der Waals surface area (Å²) in [4.78, 5) is 11.0. The van der Waals surface area contributed by atoms with E-state index in [1.165, 1.54) is 0 Å². The first kappa shape index (κ1) is 15.4. The van der Waals surface area contributed by atoms with Crippen LogP contribution in [0.25, 0.3) is 0 Å². The molecule has 0 bridgehead atoms. The van der Waals surface area contributed by atoms with E-state index in [1.807, 2.05) is 12.1 Å². The summed E-state index contributed by atoms with van der Waals surface area (Å²) in [5.74, 6) is 1.53. The third-order valence-corrected chi connectivity index (χ3v) is 2.82. The van der Waals surface area contributed by atoms with Gasteiger partial charge in [-0.25, -0.2) is 0 Å². The van der Waals surface area contributed by atoms with E-state index in [0.717, 1.165) is 5.56 Å². The van der Waals surface area contributed by atoms with Crippen LogP contribution in [0.4, 0.5) is 0 Å². The molecule has 1 aromatic rings. The average molecular weight is 288 g/mol. The summed E-state index contributed by atoms with van der Waals surface area (Å²) >= 11 is 5.40. The maximum Gasteiger partial charge on any atom is 0.234 e. The minimum atomic E-state index is -0.186. The van der Waals surface area contributed by atoms with Crippen LogP contribution in [0.5, 0.6) is 17.2 Å². The molecule has 1 aromatic carbocycles. The zero-order valence-electron chi connectivity index (χ0n) is 11.3. The van der Waals surface area contributed by atoms with Crippen molar-refractivity contribution < 1.29 is 19.0 Å². The number of carbonyl (C=O) groups excluding carboxylic acids is 1. The van der Waals surface area contributed by atoms with Gasteiger partial charge in [0.15, 0.2) is 11.5 Å². The first-order valence-electron chi connectivity index (χ1n) is 5.77. The monoisotopic (exact) mass is 287 g/mol. The van der Waals surface area contributed by atoms with Crippen LogP contribution in [-0.4, -0.2) is 39.7 Å². The second-order valence-electron chi connectivity index (χ2n) is 3.77. The molecule has 0 heterocycles. The van der Waals surface area contributed by atoms with Gasteiger partial charge in [-0.05, 0) is 24.1 Å². The largest absolute Gasteiger partial charge is 0.493 e. The molecule has 1 rings (SSSR count). The molecule has 0 aliphatic carbocycles. The topological polar surface area (TPSA) is 56.8 Å². The van der Waals surface area contributed by atoms with E-state index in [4.69, 9.17) is 25.8 Å². The Morgan fingerprint density at radius 2 is 1.74 bits per heavy atom. The fourth-order valence-electron chi connectivity index (χ4n) is 1.67. The van der Waals surface area contributed by atoms with Gasteiger partial charge in [-0.15, -0.1) is 11.6 Å². The van der Waals surface area contributed by atoms with Crippen LogP contribution in [0.2, 0.25) is 0 Å². The van der Waals surface area contributed by atoms with Crippen LogP contribution < -0.4 is 19.5 Å².